The summed E-state index contributed by atoms with van der Waals surface area (Å²) in [4.78, 5) is 0. The van der Waals surface area contributed by atoms with Crippen molar-refractivity contribution < 1.29 is 9.47 Å². The van der Waals surface area contributed by atoms with E-state index in [-0.39, 0.29) is 5.92 Å². The van der Waals surface area contributed by atoms with Crippen molar-refractivity contribution in [2.24, 2.45) is 0 Å². The number of benzene rings is 1. The molecule has 2 nitrogen and oxygen atoms in total. The third-order valence-electron chi connectivity index (χ3n) is 2.59. The first kappa shape index (κ1) is 11.6. The van der Waals surface area contributed by atoms with Crippen molar-refractivity contribution >= 4 is 0 Å². The average molecular weight is 206 g/mol. The topological polar surface area (TPSA) is 18.5 Å². The SMILES string of the molecule is C=CC(C)c1cc(OC)c(C)cc1OC. The molecule has 0 N–H and O–H groups in total. The molecular formula is C13H18O2. The number of hydrogen-bond donors (Lipinski definition) is 0. The molecule has 0 heterocycles. The van der Waals surface area contributed by atoms with Gasteiger partial charge in [-0.3, -0.25) is 0 Å². The maximum Gasteiger partial charge on any atom is 0.123 e. The van der Waals surface area contributed by atoms with E-state index in [1.165, 1.54) is 0 Å². The minimum atomic E-state index is 0.259. The van der Waals surface area contributed by atoms with E-state index in [4.69, 9.17) is 9.47 Å². The fraction of sp³-hybridized carbons (Fsp3) is 0.385. The second-order valence-corrected chi connectivity index (χ2v) is 3.59. The number of rotatable bonds is 4. The Bertz CT molecular complexity index is 356. The van der Waals surface area contributed by atoms with Crippen molar-refractivity contribution in [1.82, 2.24) is 0 Å². The van der Waals surface area contributed by atoms with E-state index in [2.05, 4.69) is 13.5 Å². The molecule has 1 rings (SSSR count). The Morgan fingerprint density at radius 3 is 2.27 bits per heavy atom. The van der Waals surface area contributed by atoms with Gasteiger partial charge in [0, 0.05) is 11.5 Å². The van der Waals surface area contributed by atoms with Gasteiger partial charge in [0.25, 0.3) is 0 Å². The van der Waals surface area contributed by atoms with Gasteiger partial charge in [0.2, 0.25) is 0 Å². The first-order chi connectivity index (χ1) is 7.13. The van der Waals surface area contributed by atoms with Gasteiger partial charge in [-0.05, 0) is 24.6 Å². The zero-order chi connectivity index (χ0) is 11.4. The monoisotopic (exact) mass is 206 g/mol. The Balaban J connectivity index is 3.28. The van der Waals surface area contributed by atoms with Gasteiger partial charge in [-0.25, -0.2) is 0 Å². The first-order valence-electron chi connectivity index (χ1n) is 4.99. The van der Waals surface area contributed by atoms with E-state index < -0.39 is 0 Å². The summed E-state index contributed by atoms with van der Waals surface area (Å²) in [5.41, 5.74) is 2.18. The molecule has 0 amide bonds. The number of hydrogen-bond acceptors (Lipinski definition) is 2. The normalized spacial score (nSPS) is 12.0. The van der Waals surface area contributed by atoms with E-state index in [0.29, 0.717) is 0 Å². The fourth-order valence-corrected chi connectivity index (χ4v) is 1.56. The summed E-state index contributed by atoms with van der Waals surface area (Å²) < 4.78 is 10.6. The highest BCUT2D eigenvalue weighted by Crippen LogP contribution is 2.33. The fourth-order valence-electron chi connectivity index (χ4n) is 1.56. The van der Waals surface area contributed by atoms with E-state index in [1.54, 1.807) is 14.2 Å². The van der Waals surface area contributed by atoms with Gasteiger partial charge in [0.1, 0.15) is 11.5 Å². The molecule has 2 heteroatoms. The summed E-state index contributed by atoms with van der Waals surface area (Å²) in [6.45, 7) is 7.88. The Kier molecular flexibility index (Phi) is 3.78. The van der Waals surface area contributed by atoms with Crippen LogP contribution in [-0.2, 0) is 0 Å². The molecule has 0 aliphatic carbocycles. The minimum Gasteiger partial charge on any atom is -0.496 e. The second kappa shape index (κ2) is 4.87. The molecule has 15 heavy (non-hydrogen) atoms. The number of ether oxygens (including phenoxy) is 2. The summed E-state index contributed by atoms with van der Waals surface area (Å²) in [5.74, 6) is 2.04. The molecule has 0 saturated heterocycles. The average Bonchev–Trinajstić information content (AvgIpc) is 2.27. The highest BCUT2D eigenvalue weighted by molar-refractivity contribution is 5.48. The molecule has 0 bridgehead atoms. The molecule has 0 aliphatic heterocycles. The number of allylic oxidation sites excluding steroid dienone is 1. The number of aryl methyl sites for hydroxylation is 1. The lowest BCUT2D eigenvalue weighted by Gasteiger charge is -2.15. The summed E-state index contributed by atoms with van der Waals surface area (Å²) in [7, 11) is 3.36. The minimum absolute atomic E-state index is 0.259. The van der Waals surface area contributed by atoms with Gasteiger partial charge in [0.05, 0.1) is 14.2 Å². The van der Waals surface area contributed by atoms with Gasteiger partial charge < -0.3 is 9.47 Å². The molecule has 1 unspecified atom stereocenters. The van der Waals surface area contributed by atoms with Gasteiger partial charge in [-0.2, -0.15) is 0 Å². The molecule has 0 spiro atoms. The van der Waals surface area contributed by atoms with Crippen LogP contribution < -0.4 is 9.47 Å². The van der Waals surface area contributed by atoms with Crippen molar-refractivity contribution in [3.63, 3.8) is 0 Å². The third kappa shape index (κ3) is 2.32. The lowest BCUT2D eigenvalue weighted by Crippen LogP contribution is -1.98. The van der Waals surface area contributed by atoms with Crippen LogP contribution in [0, 0.1) is 6.92 Å². The van der Waals surface area contributed by atoms with Crippen molar-refractivity contribution in [1.29, 1.82) is 0 Å². The molecule has 0 radical (unpaired) electrons. The largest absolute Gasteiger partial charge is 0.496 e. The Hall–Kier alpha value is -1.44. The lowest BCUT2D eigenvalue weighted by molar-refractivity contribution is 0.395. The molecule has 1 atom stereocenters. The van der Waals surface area contributed by atoms with Crippen LogP contribution in [0.15, 0.2) is 24.8 Å². The van der Waals surface area contributed by atoms with Crippen molar-refractivity contribution in [3.05, 3.63) is 35.9 Å². The van der Waals surface area contributed by atoms with Crippen LogP contribution in [0.5, 0.6) is 11.5 Å². The molecule has 1 aromatic carbocycles. The number of methoxy groups -OCH3 is 2. The summed E-state index contributed by atoms with van der Waals surface area (Å²) in [5, 5.41) is 0. The molecule has 82 valence electrons. The highest BCUT2D eigenvalue weighted by Gasteiger charge is 2.12. The Labute approximate surface area is 91.5 Å². The third-order valence-corrected chi connectivity index (χ3v) is 2.59. The predicted molar refractivity (Wildman–Crippen MR) is 62.9 cm³/mol. The van der Waals surface area contributed by atoms with Crippen molar-refractivity contribution in [2.45, 2.75) is 19.8 Å². The van der Waals surface area contributed by atoms with Gasteiger partial charge in [0.15, 0.2) is 0 Å². The molecule has 1 aromatic rings. The van der Waals surface area contributed by atoms with Gasteiger partial charge >= 0.3 is 0 Å². The van der Waals surface area contributed by atoms with Crippen LogP contribution in [0.2, 0.25) is 0 Å². The van der Waals surface area contributed by atoms with Crippen LogP contribution in [0.3, 0.4) is 0 Å². The van der Waals surface area contributed by atoms with E-state index >= 15 is 0 Å². The molecule has 0 aliphatic rings. The zero-order valence-corrected chi connectivity index (χ0v) is 9.83. The lowest BCUT2D eigenvalue weighted by atomic mass is 9.98. The quantitative estimate of drug-likeness (QED) is 0.704. The van der Waals surface area contributed by atoms with Crippen molar-refractivity contribution in [3.8, 4) is 11.5 Å². The van der Waals surface area contributed by atoms with E-state index in [0.717, 1.165) is 22.6 Å². The standard InChI is InChI=1S/C13H18O2/c1-6-9(2)11-8-12(14-4)10(3)7-13(11)15-5/h6-9H,1H2,2-5H3. The smallest absolute Gasteiger partial charge is 0.123 e. The van der Waals surface area contributed by atoms with Crippen LogP contribution in [0.25, 0.3) is 0 Å². The predicted octanol–water partition coefficient (Wildman–Crippen LogP) is 3.30. The van der Waals surface area contributed by atoms with Gasteiger partial charge in [-0.1, -0.05) is 13.0 Å². The van der Waals surface area contributed by atoms with Gasteiger partial charge in [-0.15, -0.1) is 6.58 Å². The Morgan fingerprint density at radius 1 is 1.20 bits per heavy atom. The van der Waals surface area contributed by atoms with Crippen LogP contribution in [0.1, 0.15) is 24.0 Å². The highest BCUT2D eigenvalue weighted by atomic mass is 16.5. The summed E-state index contributed by atoms with van der Waals surface area (Å²) in [6, 6.07) is 4.01. The summed E-state index contributed by atoms with van der Waals surface area (Å²) >= 11 is 0. The summed E-state index contributed by atoms with van der Waals surface area (Å²) in [6.07, 6.45) is 1.90. The molecule has 0 saturated carbocycles. The first-order valence-corrected chi connectivity index (χ1v) is 4.99. The Morgan fingerprint density at radius 2 is 1.80 bits per heavy atom. The van der Waals surface area contributed by atoms with Crippen molar-refractivity contribution in [2.75, 3.05) is 14.2 Å². The molecular weight excluding hydrogens is 188 g/mol. The van der Waals surface area contributed by atoms with E-state index in [1.807, 2.05) is 25.1 Å². The van der Waals surface area contributed by atoms with E-state index in [9.17, 15) is 0 Å². The van der Waals surface area contributed by atoms with Crippen LogP contribution in [0.4, 0.5) is 0 Å². The molecule has 0 aromatic heterocycles. The van der Waals surface area contributed by atoms with Crippen LogP contribution >= 0.6 is 0 Å². The second-order valence-electron chi connectivity index (χ2n) is 3.59. The maximum absolute atomic E-state index is 5.35. The van der Waals surface area contributed by atoms with Crippen LogP contribution in [-0.4, -0.2) is 14.2 Å². The zero-order valence-electron chi connectivity index (χ0n) is 9.83. The molecule has 0 fully saturated rings. The maximum atomic E-state index is 5.35.